The molecule has 1 aliphatic rings. The fraction of sp³-hybridized carbons (Fsp3) is 0.417. The van der Waals surface area contributed by atoms with E-state index in [0.29, 0.717) is 12.3 Å². The lowest BCUT2D eigenvalue weighted by Gasteiger charge is -2.27. The van der Waals surface area contributed by atoms with Gasteiger partial charge in [-0.3, -0.25) is 20.0 Å². The number of carbonyl (C=O) groups excluding carboxylic acids is 3. The van der Waals surface area contributed by atoms with Gasteiger partial charge in [-0.25, -0.2) is 14.2 Å². The van der Waals surface area contributed by atoms with E-state index in [4.69, 9.17) is 0 Å². The Hall–Kier alpha value is -3.70. The van der Waals surface area contributed by atoms with Crippen LogP contribution >= 0.6 is 0 Å². The Labute approximate surface area is 205 Å². The van der Waals surface area contributed by atoms with Crippen molar-refractivity contribution in [3.8, 4) is 0 Å². The Bertz CT molecular complexity index is 1150. The molecule has 1 saturated heterocycles. The first kappa shape index (κ1) is 26.9. The number of urea groups is 1. The highest BCUT2D eigenvalue weighted by molar-refractivity contribution is 5.95. The summed E-state index contributed by atoms with van der Waals surface area (Å²) in [4.78, 5) is 42.7. The maximum absolute atomic E-state index is 14.9. The van der Waals surface area contributed by atoms with Crippen molar-refractivity contribution in [2.45, 2.75) is 57.9 Å². The fourth-order valence-corrected chi connectivity index (χ4v) is 4.10. The Kier molecular flexibility index (Phi) is 7.85. The van der Waals surface area contributed by atoms with Crippen molar-refractivity contribution in [3.63, 3.8) is 0 Å². The molecule has 4 amide bonds. The lowest BCUT2D eigenvalue weighted by molar-refractivity contribution is -0.137. The van der Waals surface area contributed by atoms with Crippen LogP contribution in [0.3, 0.4) is 0 Å². The maximum atomic E-state index is 14.9. The highest BCUT2D eigenvalue weighted by Crippen LogP contribution is 2.29. The van der Waals surface area contributed by atoms with Crippen molar-refractivity contribution in [1.29, 1.82) is 0 Å². The van der Waals surface area contributed by atoms with E-state index in [-0.39, 0.29) is 29.1 Å². The van der Waals surface area contributed by atoms with Gasteiger partial charge in [0.15, 0.2) is 0 Å². The molecule has 0 saturated carbocycles. The van der Waals surface area contributed by atoms with Crippen molar-refractivity contribution in [1.82, 2.24) is 25.6 Å². The molecule has 2 heterocycles. The number of pyridine rings is 1. The van der Waals surface area contributed by atoms with Gasteiger partial charge in [0.2, 0.25) is 0 Å². The van der Waals surface area contributed by atoms with Crippen molar-refractivity contribution in [3.05, 3.63) is 64.7 Å². The lowest BCUT2D eigenvalue weighted by Crippen LogP contribution is -2.48. The summed E-state index contributed by atoms with van der Waals surface area (Å²) >= 11 is 0. The third-order valence-electron chi connectivity index (χ3n) is 6.14. The van der Waals surface area contributed by atoms with Crippen LogP contribution in [0.15, 0.2) is 36.7 Å². The molecule has 3 rings (SSSR count). The first-order valence-corrected chi connectivity index (χ1v) is 11.3. The van der Waals surface area contributed by atoms with E-state index in [0.717, 1.165) is 30.1 Å². The molecule has 2 N–H and O–H groups in total. The second-order valence-corrected chi connectivity index (χ2v) is 8.86. The Morgan fingerprint density at radius 2 is 1.72 bits per heavy atom. The Balaban J connectivity index is 1.63. The number of benzene rings is 1. The minimum atomic E-state index is -4.68. The molecule has 1 fully saturated rings. The lowest BCUT2D eigenvalue weighted by atomic mass is 10.0. The summed E-state index contributed by atoms with van der Waals surface area (Å²) in [6, 6.07) is 3.08. The maximum Gasteiger partial charge on any atom is 0.417 e. The molecule has 194 valence electrons. The SMILES string of the molecule is CC1CCC(C)N1C(=O)c1ccc([C@@H](C)NC(=O)N(C)NC(=O)c2cncc(C(F)(F)F)c2)c(F)c1. The standard InChI is InChI=1S/C24H27F4N5O3/c1-13-5-6-14(2)33(13)22(35)16-7-8-19(20(25)10-16)15(3)30-23(36)32(4)31-21(34)17-9-18(12-29-11-17)24(26,27)28/h7-15H,5-6H2,1-4H3,(H,30,36)(H,31,34)/t13?,14?,15-/m1/s1. The van der Waals surface area contributed by atoms with E-state index >= 15 is 0 Å². The Morgan fingerprint density at radius 1 is 1.08 bits per heavy atom. The molecule has 12 heteroatoms. The number of amides is 4. The van der Waals surface area contributed by atoms with Crippen LogP contribution in [0.2, 0.25) is 0 Å². The molecule has 1 aliphatic heterocycles. The number of hydrazine groups is 1. The van der Waals surface area contributed by atoms with E-state index in [9.17, 15) is 31.9 Å². The Morgan fingerprint density at radius 3 is 2.31 bits per heavy atom. The number of likely N-dealkylation sites (tertiary alicyclic amines) is 1. The summed E-state index contributed by atoms with van der Waals surface area (Å²) in [5.41, 5.74) is 0.952. The van der Waals surface area contributed by atoms with Crippen molar-refractivity contribution in [2.75, 3.05) is 7.05 Å². The van der Waals surface area contributed by atoms with E-state index in [1.54, 1.807) is 4.90 Å². The molecular formula is C24H27F4N5O3. The van der Waals surface area contributed by atoms with Gasteiger partial charge in [-0.1, -0.05) is 6.07 Å². The second-order valence-electron chi connectivity index (χ2n) is 8.86. The number of hydrogen-bond acceptors (Lipinski definition) is 4. The molecule has 0 spiro atoms. The summed E-state index contributed by atoms with van der Waals surface area (Å²) in [6.07, 6.45) is -1.41. The topological polar surface area (TPSA) is 94.6 Å². The van der Waals surface area contributed by atoms with Gasteiger partial charge in [0.05, 0.1) is 17.2 Å². The summed E-state index contributed by atoms with van der Waals surface area (Å²) in [6.45, 7) is 5.40. The van der Waals surface area contributed by atoms with Gasteiger partial charge in [-0.15, -0.1) is 0 Å². The molecule has 0 bridgehead atoms. The quantitative estimate of drug-likeness (QED) is 0.475. The molecule has 1 aromatic heterocycles. The number of rotatable bonds is 4. The first-order chi connectivity index (χ1) is 16.8. The fourth-order valence-electron chi connectivity index (χ4n) is 4.10. The van der Waals surface area contributed by atoms with Gasteiger partial charge in [0, 0.05) is 42.7 Å². The largest absolute Gasteiger partial charge is 0.417 e. The van der Waals surface area contributed by atoms with E-state index in [1.807, 2.05) is 13.8 Å². The summed E-state index contributed by atoms with van der Waals surface area (Å²) in [5.74, 6) is -1.94. The minimum Gasteiger partial charge on any atom is -0.333 e. The predicted octanol–water partition coefficient (Wildman–Crippen LogP) is 4.30. The van der Waals surface area contributed by atoms with Crippen LogP contribution in [0.1, 0.15) is 71.5 Å². The average molecular weight is 510 g/mol. The molecule has 8 nitrogen and oxygen atoms in total. The van der Waals surface area contributed by atoms with Gasteiger partial charge in [0.25, 0.3) is 11.8 Å². The number of halogens is 4. The van der Waals surface area contributed by atoms with Gasteiger partial charge >= 0.3 is 12.2 Å². The highest BCUT2D eigenvalue weighted by atomic mass is 19.4. The van der Waals surface area contributed by atoms with Gasteiger partial charge in [-0.05, 0) is 51.8 Å². The number of hydrogen-bond donors (Lipinski definition) is 2. The third-order valence-corrected chi connectivity index (χ3v) is 6.14. The van der Waals surface area contributed by atoms with Crippen molar-refractivity contribution in [2.24, 2.45) is 0 Å². The molecule has 36 heavy (non-hydrogen) atoms. The van der Waals surface area contributed by atoms with Crippen LogP contribution in [-0.4, -0.2) is 51.9 Å². The molecule has 3 atom stereocenters. The zero-order chi connectivity index (χ0) is 26.8. The van der Waals surface area contributed by atoms with Crippen LogP contribution in [0.5, 0.6) is 0 Å². The molecule has 0 aliphatic carbocycles. The number of nitrogens with zero attached hydrogens (tertiary/aromatic N) is 3. The van der Waals surface area contributed by atoms with Gasteiger partial charge < -0.3 is 10.2 Å². The zero-order valence-electron chi connectivity index (χ0n) is 20.2. The average Bonchev–Trinajstić information content (AvgIpc) is 3.15. The van der Waals surface area contributed by atoms with Crippen molar-refractivity contribution < 1.29 is 31.9 Å². The number of aromatic nitrogens is 1. The van der Waals surface area contributed by atoms with Crippen LogP contribution in [-0.2, 0) is 6.18 Å². The van der Waals surface area contributed by atoms with Gasteiger partial charge in [-0.2, -0.15) is 13.2 Å². The molecule has 2 aromatic rings. The number of nitrogens with one attached hydrogen (secondary N) is 2. The van der Waals surface area contributed by atoms with E-state index in [2.05, 4.69) is 15.7 Å². The third kappa shape index (κ3) is 5.92. The summed E-state index contributed by atoms with van der Waals surface area (Å²) < 4.78 is 53.4. The minimum absolute atomic E-state index is 0.0610. The van der Waals surface area contributed by atoms with Gasteiger partial charge in [0.1, 0.15) is 5.82 Å². The molecule has 2 unspecified atom stereocenters. The zero-order valence-corrected chi connectivity index (χ0v) is 20.2. The second kappa shape index (κ2) is 10.5. The first-order valence-electron chi connectivity index (χ1n) is 11.3. The molecule has 1 aromatic carbocycles. The normalized spacial score (nSPS) is 18.5. The van der Waals surface area contributed by atoms with Crippen LogP contribution in [0.4, 0.5) is 22.4 Å². The van der Waals surface area contributed by atoms with E-state index < -0.39 is 41.1 Å². The number of carbonyl (C=O) groups is 3. The van der Waals surface area contributed by atoms with Crippen LogP contribution in [0.25, 0.3) is 0 Å². The summed E-state index contributed by atoms with van der Waals surface area (Å²) in [7, 11) is 1.18. The summed E-state index contributed by atoms with van der Waals surface area (Å²) in [5, 5.41) is 3.22. The molecule has 0 radical (unpaired) electrons. The van der Waals surface area contributed by atoms with Crippen LogP contribution < -0.4 is 10.7 Å². The smallest absolute Gasteiger partial charge is 0.333 e. The van der Waals surface area contributed by atoms with Crippen LogP contribution in [0, 0.1) is 5.82 Å². The monoisotopic (exact) mass is 509 g/mol. The van der Waals surface area contributed by atoms with E-state index in [1.165, 1.54) is 26.1 Å². The number of alkyl halides is 3. The van der Waals surface area contributed by atoms with Crippen molar-refractivity contribution >= 4 is 17.8 Å². The highest BCUT2D eigenvalue weighted by Gasteiger charge is 2.33. The predicted molar refractivity (Wildman–Crippen MR) is 122 cm³/mol. The molecular weight excluding hydrogens is 482 g/mol.